The van der Waals surface area contributed by atoms with E-state index in [-0.39, 0.29) is 30.8 Å². The third kappa shape index (κ3) is 2.84. The van der Waals surface area contributed by atoms with E-state index in [0.717, 1.165) is 5.69 Å². The molecule has 0 bridgehead atoms. The minimum Gasteiger partial charge on any atom is -0.381 e. The maximum absolute atomic E-state index is 12.6. The van der Waals surface area contributed by atoms with E-state index in [1.165, 1.54) is 6.33 Å². The SMILES string of the molecule is CC(C)O[P@]1(=O)OC[C@H]2O[C@@H](c3cnc4c(N)ncnn34)[C@@H](C)[C@@H]2O1. The predicted molar refractivity (Wildman–Crippen MR) is 86.6 cm³/mol. The van der Waals surface area contributed by atoms with Crippen molar-refractivity contribution in [2.24, 2.45) is 5.92 Å². The maximum Gasteiger partial charge on any atom is 0.475 e. The molecule has 2 aromatic rings. The van der Waals surface area contributed by atoms with E-state index in [2.05, 4.69) is 15.1 Å². The second-order valence-electron chi connectivity index (χ2n) is 6.49. The Balaban J connectivity index is 1.62. The number of anilines is 1. The van der Waals surface area contributed by atoms with Crippen molar-refractivity contribution in [2.75, 3.05) is 12.3 Å². The maximum atomic E-state index is 12.6. The molecule has 2 aliphatic rings. The van der Waals surface area contributed by atoms with Crippen LogP contribution in [-0.4, -0.2) is 44.5 Å². The van der Waals surface area contributed by atoms with Crippen LogP contribution in [0.15, 0.2) is 12.5 Å². The minimum atomic E-state index is -3.58. The van der Waals surface area contributed by atoms with Gasteiger partial charge in [0.1, 0.15) is 24.6 Å². The number of phosphoric acid groups is 1. The van der Waals surface area contributed by atoms with Crippen LogP contribution in [0.4, 0.5) is 5.82 Å². The molecule has 2 fully saturated rings. The number of nitrogens with two attached hydrogens (primary N) is 1. The lowest BCUT2D eigenvalue weighted by atomic mass is 9.97. The third-order valence-corrected chi connectivity index (χ3v) is 5.97. The second-order valence-corrected chi connectivity index (χ2v) is 8.06. The molecule has 11 heteroatoms. The van der Waals surface area contributed by atoms with Crippen molar-refractivity contribution >= 4 is 19.3 Å². The Morgan fingerprint density at radius 3 is 3.00 bits per heavy atom. The summed E-state index contributed by atoms with van der Waals surface area (Å²) in [6.45, 7) is 5.66. The molecular weight excluding hydrogens is 349 g/mol. The number of nitrogens with zero attached hydrogens (tertiary/aromatic N) is 4. The highest BCUT2D eigenvalue weighted by molar-refractivity contribution is 7.48. The third-order valence-electron chi connectivity index (χ3n) is 4.32. The zero-order chi connectivity index (χ0) is 17.8. The van der Waals surface area contributed by atoms with Crippen molar-refractivity contribution in [3.63, 3.8) is 0 Å². The Morgan fingerprint density at radius 2 is 2.24 bits per heavy atom. The highest BCUT2D eigenvalue weighted by Crippen LogP contribution is 2.58. The molecule has 25 heavy (non-hydrogen) atoms. The van der Waals surface area contributed by atoms with Crippen LogP contribution in [-0.2, 0) is 22.9 Å². The zero-order valence-corrected chi connectivity index (χ0v) is 15.0. The normalized spacial score (nSPS) is 35.4. The van der Waals surface area contributed by atoms with E-state index >= 15 is 0 Å². The summed E-state index contributed by atoms with van der Waals surface area (Å²) in [4.78, 5) is 8.19. The number of aromatic nitrogens is 4. The Hall–Kier alpha value is -1.58. The molecule has 0 radical (unpaired) electrons. The number of hydrogen-bond donors (Lipinski definition) is 1. The summed E-state index contributed by atoms with van der Waals surface area (Å²) < 4.78 is 36.6. The molecule has 0 aliphatic carbocycles. The Labute approximate surface area is 144 Å². The molecular formula is C14H20N5O5P. The summed E-state index contributed by atoms with van der Waals surface area (Å²) in [5.41, 5.74) is 7.03. The van der Waals surface area contributed by atoms with E-state index in [4.69, 9.17) is 24.0 Å². The number of hydrogen-bond acceptors (Lipinski definition) is 9. The number of rotatable bonds is 3. The molecule has 0 amide bonds. The predicted octanol–water partition coefficient (Wildman–Crippen LogP) is 1.73. The van der Waals surface area contributed by atoms with E-state index in [1.54, 1.807) is 24.6 Å². The van der Waals surface area contributed by atoms with Gasteiger partial charge in [-0.1, -0.05) is 6.92 Å². The van der Waals surface area contributed by atoms with Crippen LogP contribution in [0.25, 0.3) is 5.65 Å². The number of imidazole rings is 1. The van der Waals surface area contributed by atoms with Crippen LogP contribution in [0.2, 0.25) is 0 Å². The number of phosphoric ester groups is 1. The largest absolute Gasteiger partial charge is 0.475 e. The summed E-state index contributed by atoms with van der Waals surface area (Å²) in [6.07, 6.45) is 1.65. The van der Waals surface area contributed by atoms with Crippen LogP contribution < -0.4 is 5.73 Å². The van der Waals surface area contributed by atoms with Gasteiger partial charge in [-0.25, -0.2) is 19.0 Å². The van der Waals surface area contributed by atoms with Gasteiger partial charge in [0.2, 0.25) is 0 Å². The van der Waals surface area contributed by atoms with Gasteiger partial charge in [0.05, 0.1) is 24.6 Å². The van der Waals surface area contributed by atoms with Crippen molar-refractivity contribution in [1.82, 2.24) is 19.6 Å². The number of ether oxygens (including phenoxy) is 1. The van der Waals surface area contributed by atoms with Crippen molar-refractivity contribution in [3.8, 4) is 0 Å². The van der Waals surface area contributed by atoms with Gasteiger partial charge < -0.3 is 10.5 Å². The highest BCUT2D eigenvalue weighted by Gasteiger charge is 2.52. The van der Waals surface area contributed by atoms with Crippen LogP contribution in [0.3, 0.4) is 0 Å². The molecule has 4 rings (SSSR count). The summed E-state index contributed by atoms with van der Waals surface area (Å²) in [6, 6.07) is 0. The summed E-state index contributed by atoms with van der Waals surface area (Å²) >= 11 is 0. The lowest BCUT2D eigenvalue weighted by Gasteiger charge is -2.32. The quantitative estimate of drug-likeness (QED) is 0.806. The van der Waals surface area contributed by atoms with Gasteiger partial charge in [-0.15, -0.1) is 0 Å². The molecule has 0 unspecified atom stereocenters. The van der Waals surface area contributed by atoms with Gasteiger partial charge in [-0.05, 0) is 13.8 Å². The first-order valence-electron chi connectivity index (χ1n) is 8.09. The van der Waals surface area contributed by atoms with Crippen molar-refractivity contribution in [1.29, 1.82) is 0 Å². The van der Waals surface area contributed by atoms with Gasteiger partial charge in [-0.2, -0.15) is 5.10 Å². The molecule has 0 spiro atoms. The van der Waals surface area contributed by atoms with Gasteiger partial charge in [0.15, 0.2) is 11.5 Å². The fourth-order valence-corrected chi connectivity index (χ4v) is 4.88. The molecule has 2 N–H and O–H groups in total. The van der Waals surface area contributed by atoms with Crippen LogP contribution in [0.5, 0.6) is 0 Å². The van der Waals surface area contributed by atoms with Crippen molar-refractivity contribution in [2.45, 2.75) is 45.2 Å². The van der Waals surface area contributed by atoms with Crippen molar-refractivity contribution in [3.05, 3.63) is 18.2 Å². The standard InChI is InChI=1S/C14H20N5O5P/c1-7(2)23-25(20)21-5-10-12(24-25)8(3)11(22-10)9-4-16-14-13(15)17-6-18-19(9)14/h4,6-8,10-12H,5H2,1-3H3,(H2,15,17,18)/t8-,10-,11-,12+,25+/m1/s1. The molecule has 5 atom stereocenters. The minimum absolute atomic E-state index is 0.103. The first-order valence-corrected chi connectivity index (χ1v) is 9.55. The van der Waals surface area contributed by atoms with E-state index in [1.807, 2.05) is 6.92 Å². The van der Waals surface area contributed by atoms with Crippen LogP contribution in [0, 0.1) is 5.92 Å². The molecule has 136 valence electrons. The first kappa shape index (κ1) is 16.9. The second kappa shape index (κ2) is 6.00. The van der Waals surface area contributed by atoms with E-state index in [0.29, 0.717) is 11.5 Å². The Bertz CT molecular complexity index is 842. The van der Waals surface area contributed by atoms with Crippen molar-refractivity contribution < 1.29 is 22.9 Å². The van der Waals surface area contributed by atoms with Gasteiger partial charge in [0.25, 0.3) is 0 Å². The summed E-state index contributed by atoms with van der Waals surface area (Å²) in [7, 11) is -3.58. The summed E-state index contributed by atoms with van der Waals surface area (Å²) in [5.74, 6) is 0.188. The number of nitrogen functional groups attached to an aromatic ring is 1. The average molecular weight is 369 g/mol. The van der Waals surface area contributed by atoms with E-state index < -0.39 is 13.9 Å². The fourth-order valence-electron chi connectivity index (χ4n) is 3.24. The first-order chi connectivity index (χ1) is 11.9. The monoisotopic (exact) mass is 369 g/mol. The number of fused-ring (bicyclic) bond motifs is 2. The fraction of sp³-hybridized carbons (Fsp3) is 0.643. The molecule has 0 saturated carbocycles. The Kier molecular flexibility index (Phi) is 4.04. The van der Waals surface area contributed by atoms with Gasteiger partial charge in [-0.3, -0.25) is 13.6 Å². The molecule has 2 aliphatic heterocycles. The average Bonchev–Trinajstić information content (AvgIpc) is 3.09. The molecule has 2 saturated heterocycles. The molecule has 0 aromatic carbocycles. The Morgan fingerprint density at radius 1 is 1.44 bits per heavy atom. The molecule has 4 heterocycles. The van der Waals surface area contributed by atoms with Gasteiger partial charge in [0, 0.05) is 5.92 Å². The lowest BCUT2D eigenvalue weighted by Crippen LogP contribution is -2.36. The molecule has 10 nitrogen and oxygen atoms in total. The summed E-state index contributed by atoms with van der Waals surface area (Å²) in [5, 5.41) is 4.20. The van der Waals surface area contributed by atoms with Crippen LogP contribution >= 0.6 is 7.82 Å². The zero-order valence-electron chi connectivity index (χ0n) is 14.1. The lowest BCUT2D eigenvalue weighted by molar-refractivity contribution is -0.0633. The molecule has 2 aromatic heterocycles. The van der Waals surface area contributed by atoms with Gasteiger partial charge >= 0.3 is 7.82 Å². The topological polar surface area (TPSA) is 123 Å². The highest BCUT2D eigenvalue weighted by atomic mass is 31.2. The smallest absolute Gasteiger partial charge is 0.381 e. The van der Waals surface area contributed by atoms with Crippen LogP contribution in [0.1, 0.15) is 32.6 Å². The van der Waals surface area contributed by atoms with E-state index in [9.17, 15) is 4.57 Å².